The first-order chi connectivity index (χ1) is 13.0. The highest BCUT2D eigenvalue weighted by molar-refractivity contribution is 7.88. The highest BCUT2D eigenvalue weighted by Crippen LogP contribution is 2.42. The van der Waals surface area contributed by atoms with Crippen LogP contribution in [0.5, 0.6) is 0 Å². The molecule has 0 radical (unpaired) electrons. The smallest absolute Gasteiger partial charge is 0.319 e. The third-order valence-corrected chi connectivity index (χ3v) is 6.14. The maximum absolute atomic E-state index is 11.8. The normalized spacial score (nSPS) is 23.9. The fourth-order valence-electron chi connectivity index (χ4n) is 3.96. The zero-order valence-electron chi connectivity index (χ0n) is 14.9. The zero-order chi connectivity index (χ0) is 19.0. The second-order valence-corrected chi connectivity index (χ2v) is 8.46. The van der Waals surface area contributed by atoms with E-state index in [9.17, 15) is 8.42 Å². The van der Waals surface area contributed by atoms with Crippen molar-refractivity contribution in [2.75, 3.05) is 13.2 Å². The van der Waals surface area contributed by atoms with Gasteiger partial charge in [0.05, 0.1) is 18.3 Å². The molecule has 1 aliphatic carbocycles. The maximum atomic E-state index is 11.8. The molecule has 0 spiro atoms. The van der Waals surface area contributed by atoms with Crippen molar-refractivity contribution in [2.24, 2.45) is 16.2 Å². The summed E-state index contributed by atoms with van der Waals surface area (Å²) in [6.45, 7) is 1.88. The summed E-state index contributed by atoms with van der Waals surface area (Å²) < 4.78 is 31.6. The lowest BCUT2D eigenvalue weighted by molar-refractivity contribution is 0.301. The minimum Gasteiger partial charge on any atom is -0.395 e. The summed E-state index contributed by atoms with van der Waals surface area (Å²) in [5.74, 6) is 0.700. The molecule has 1 saturated carbocycles. The third-order valence-electron chi connectivity index (χ3n) is 5.18. The van der Waals surface area contributed by atoms with Crippen molar-refractivity contribution < 1.29 is 13.5 Å². The fourth-order valence-corrected chi connectivity index (χ4v) is 4.72. The Labute approximate surface area is 156 Å². The van der Waals surface area contributed by atoms with Crippen LogP contribution < -0.4 is 4.72 Å². The molecular formula is C17H22N6O3S. The van der Waals surface area contributed by atoms with Crippen molar-refractivity contribution in [2.45, 2.75) is 25.7 Å². The molecule has 3 aromatic heterocycles. The number of aromatic nitrogens is 4. The Morgan fingerprint density at radius 2 is 2.26 bits per heavy atom. The lowest BCUT2D eigenvalue weighted by Crippen LogP contribution is -2.25. The van der Waals surface area contributed by atoms with Crippen molar-refractivity contribution in [3.05, 3.63) is 30.4 Å². The SMILES string of the molecule is C[C@@H]1CC(C=NS(=O)(=O)NCCO)C[C@@H]1c1cnc2cnc3[nH]ccc3n12. The molecule has 3 aromatic rings. The van der Waals surface area contributed by atoms with Crippen LogP contribution in [0, 0.1) is 11.8 Å². The minimum atomic E-state index is -3.75. The van der Waals surface area contributed by atoms with Gasteiger partial charge in [-0.15, -0.1) is 0 Å². The number of nitrogens with one attached hydrogen (secondary N) is 2. The molecule has 0 aromatic carbocycles. The molecule has 144 valence electrons. The summed E-state index contributed by atoms with van der Waals surface area (Å²) in [6, 6.07) is 1.98. The molecule has 1 unspecified atom stereocenters. The highest BCUT2D eigenvalue weighted by atomic mass is 32.2. The third kappa shape index (κ3) is 3.47. The average Bonchev–Trinajstić information content (AvgIpc) is 3.35. The van der Waals surface area contributed by atoms with E-state index in [4.69, 9.17) is 5.11 Å². The van der Waals surface area contributed by atoms with Crippen LogP contribution in [-0.4, -0.2) is 52.2 Å². The Balaban J connectivity index is 1.59. The molecule has 10 heteroatoms. The van der Waals surface area contributed by atoms with Crippen molar-refractivity contribution in [3.63, 3.8) is 0 Å². The van der Waals surface area contributed by atoms with Crippen LogP contribution in [0.25, 0.3) is 16.8 Å². The number of hydrogen-bond acceptors (Lipinski definition) is 5. The molecule has 9 nitrogen and oxygen atoms in total. The van der Waals surface area contributed by atoms with Crippen LogP contribution in [0.1, 0.15) is 31.4 Å². The molecule has 3 heterocycles. The Morgan fingerprint density at radius 3 is 3.07 bits per heavy atom. The van der Waals surface area contributed by atoms with Crippen LogP contribution in [0.15, 0.2) is 29.1 Å². The molecule has 0 amide bonds. The van der Waals surface area contributed by atoms with E-state index in [1.54, 1.807) is 6.20 Å². The van der Waals surface area contributed by atoms with Gasteiger partial charge >= 0.3 is 10.2 Å². The van der Waals surface area contributed by atoms with E-state index in [0.29, 0.717) is 5.92 Å². The summed E-state index contributed by atoms with van der Waals surface area (Å²) in [6.07, 6.45) is 8.69. The average molecular weight is 390 g/mol. The summed E-state index contributed by atoms with van der Waals surface area (Å²) in [5, 5.41) is 8.74. The molecule has 0 bridgehead atoms. The fraction of sp³-hybridized carbons (Fsp3) is 0.471. The van der Waals surface area contributed by atoms with Crippen LogP contribution in [-0.2, 0) is 10.2 Å². The van der Waals surface area contributed by atoms with Crippen LogP contribution in [0.2, 0.25) is 0 Å². The van der Waals surface area contributed by atoms with Gasteiger partial charge in [-0.25, -0.2) is 9.97 Å². The molecule has 3 N–H and O–H groups in total. The number of aliphatic hydroxyl groups is 1. The van der Waals surface area contributed by atoms with E-state index in [1.165, 1.54) is 6.21 Å². The van der Waals surface area contributed by atoms with Crippen LogP contribution >= 0.6 is 0 Å². The van der Waals surface area contributed by atoms with E-state index >= 15 is 0 Å². The summed E-state index contributed by atoms with van der Waals surface area (Å²) in [7, 11) is -3.75. The van der Waals surface area contributed by atoms with Gasteiger partial charge in [0.2, 0.25) is 0 Å². The molecule has 4 rings (SSSR count). The van der Waals surface area contributed by atoms with E-state index in [-0.39, 0.29) is 25.0 Å². The molecule has 0 aliphatic heterocycles. The Hall–Kier alpha value is -2.30. The van der Waals surface area contributed by atoms with Gasteiger partial charge in [-0.1, -0.05) is 6.92 Å². The second kappa shape index (κ2) is 7.02. The number of aromatic amines is 1. The number of nitrogens with zero attached hydrogens (tertiary/aromatic N) is 4. The number of fused-ring (bicyclic) bond motifs is 3. The van der Waals surface area contributed by atoms with Crippen LogP contribution in [0.3, 0.4) is 0 Å². The van der Waals surface area contributed by atoms with Gasteiger partial charge in [0.1, 0.15) is 0 Å². The predicted octanol–water partition coefficient (Wildman–Crippen LogP) is 1.24. The second-order valence-electron chi connectivity index (χ2n) is 7.01. The van der Waals surface area contributed by atoms with Crippen molar-refractivity contribution >= 4 is 33.2 Å². The lowest BCUT2D eigenvalue weighted by Gasteiger charge is -2.15. The molecule has 1 aliphatic rings. The summed E-state index contributed by atoms with van der Waals surface area (Å²) in [4.78, 5) is 12.0. The van der Waals surface area contributed by atoms with Crippen molar-refractivity contribution in [3.8, 4) is 0 Å². The van der Waals surface area contributed by atoms with Crippen molar-refractivity contribution in [1.29, 1.82) is 0 Å². The van der Waals surface area contributed by atoms with E-state index < -0.39 is 10.2 Å². The van der Waals surface area contributed by atoms with E-state index in [2.05, 4.69) is 35.4 Å². The number of imidazole rings is 1. The number of aliphatic hydroxyl groups excluding tert-OH is 1. The monoisotopic (exact) mass is 390 g/mol. The van der Waals surface area contributed by atoms with Gasteiger partial charge in [-0.05, 0) is 30.7 Å². The Kier molecular flexibility index (Phi) is 4.70. The first-order valence-electron chi connectivity index (χ1n) is 8.94. The molecule has 1 fully saturated rings. The maximum Gasteiger partial charge on any atom is 0.319 e. The first kappa shape index (κ1) is 18.1. The highest BCUT2D eigenvalue weighted by Gasteiger charge is 2.34. The molecular weight excluding hydrogens is 368 g/mol. The Morgan fingerprint density at radius 1 is 1.41 bits per heavy atom. The first-order valence-corrected chi connectivity index (χ1v) is 10.4. The summed E-state index contributed by atoms with van der Waals surface area (Å²) in [5.41, 5.74) is 3.71. The standard InChI is InChI=1S/C17H22N6O3S/c1-11-6-12(8-22-27(25,26)21-4-5-24)7-13(11)15-9-19-16-10-20-17-14(23(15)16)2-3-18-17/h2-3,8-13,18,21,24H,4-7H2,1H3/t11-,12?,13+/m1/s1. The Bertz CT molecular complexity index is 1090. The van der Waals surface area contributed by atoms with Crippen LogP contribution in [0.4, 0.5) is 0 Å². The van der Waals surface area contributed by atoms with Crippen molar-refractivity contribution in [1.82, 2.24) is 24.1 Å². The van der Waals surface area contributed by atoms with Gasteiger partial charge in [0.15, 0.2) is 11.3 Å². The van der Waals surface area contributed by atoms with Gasteiger partial charge in [0, 0.05) is 36.8 Å². The zero-order valence-corrected chi connectivity index (χ0v) is 15.7. The molecule has 3 atom stereocenters. The topological polar surface area (TPSA) is 125 Å². The van der Waals surface area contributed by atoms with Gasteiger partial charge in [-0.3, -0.25) is 4.40 Å². The van der Waals surface area contributed by atoms with Gasteiger partial charge < -0.3 is 10.1 Å². The van der Waals surface area contributed by atoms with E-state index in [1.807, 2.05) is 18.5 Å². The van der Waals surface area contributed by atoms with E-state index in [0.717, 1.165) is 35.3 Å². The quantitative estimate of drug-likeness (QED) is 0.546. The molecule has 27 heavy (non-hydrogen) atoms. The number of hydrogen-bond donors (Lipinski definition) is 3. The number of rotatable bonds is 6. The van der Waals surface area contributed by atoms with Gasteiger partial charge in [-0.2, -0.15) is 17.5 Å². The largest absolute Gasteiger partial charge is 0.395 e. The lowest BCUT2D eigenvalue weighted by atomic mass is 9.95. The summed E-state index contributed by atoms with van der Waals surface area (Å²) >= 11 is 0. The van der Waals surface area contributed by atoms with Gasteiger partial charge in [0.25, 0.3) is 0 Å². The predicted molar refractivity (Wildman–Crippen MR) is 102 cm³/mol. The molecule has 0 saturated heterocycles. The minimum absolute atomic E-state index is 0.0358. The number of H-pyrrole nitrogens is 1.